The van der Waals surface area contributed by atoms with Gasteiger partial charge in [0.15, 0.2) is 0 Å². The molecule has 4 aromatic rings. The number of hydrogen-bond acceptors (Lipinski definition) is 5. The molecule has 3 aromatic carbocycles. The standard InChI is InChI=1S/C28H23N3O4/c1-2-26(32)30-18-19-8-10-20(11-9-19)25-17-16-24(27(29)33)28(31-25)35-23-14-12-22(13-15-23)34-21-6-4-3-5-7-21/h2-17H,1,18H2,(H2,29,33)(H,30,32). The third-order valence-corrected chi connectivity index (χ3v) is 5.04. The Balaban J connectivity index is 1.52. The van der Waals surface area contributed by atoms with E-state index in [1.807, 2.05) is 54.6 Å². The van der Waals surface area contributed by atoms with E-state index >= 15 is 0 Å². The van der Waals surface area contributed by atoms with Crippen molar-refractivity contribution in [2.24, 2.45) is 5.73 Å². The summed E-state index contributed by atoms with van der Waals surface area (Å²) in [6.45, 7) is 3.82. The Kier molecular flexibility index (Phi) is 7.18. The van der Waals surface area contributed by atoms with Crippen LogP contribution in [0.1, 0.15) is 15.9 Å². The molecular weight excluding hydrogens is 442 g/mol. The maximum atomic E-state index is 12.0. The summed E-state index contributed by atoms with van der Waals surface area (Å²) in [6, 6.07) is 27.2. The van der Waals surface area contributed by atoms with Gasteiger partial charge in [0.05, 0.1) is 5.69 Å². The van der Waals surface area contributed by atoms with Gasteiger partial charge in [-0.15, -0.1) is 0 Å². The molecule has 0 saturated heterocycles. The lowest BCUT2D eigenvalue weighted by atomic mass is 10.1. The van der Waals surface area contributed by atoms with Gasteiger partial charge in [-0.1, -0.05) is 49.0 Å². The quantitative estimate of drug-likeness (QED) is 0.329. The molecular formula is C28H23N3O4. The average Bonchev–Trinajstić information content (AvgIpc) is 2.89. The lowest BCUT2D eigenvalue weighted by Gasteiger charge is -2.12. The fourth-order valence-electron chi connectivity index (χ4n) is 3.23. The highest BCUT2D eigenvalue weighted by Crippen LogP contribution is 2.29. The van der Waals surface area contributed by atoms with Crippen LogP contribution in [0.3, 0.4) is 0 Å². The van der Waals surface area contributed by atoms with Crippen LogP contribution in [-0.2, 0) is 11.3 Å². The molecule has 174 valence electrons. The van der Waals surface area contributed by atoms with Crippen LogP contribution >= 0.6 is 0 Å². The molecule has 7 nitrogen and oxygen atoms in total. The maximum Gasteiger partial charge on any atom is 0.254 e. The van der Waals surface area contributed by atoms with Crippen molar-refractivity contribution in [3.63, 3.8) is 0 Å². The van der Waals surface area contributed by atoms with Crippen molar-refractivity contribution in [3.05, 3.63) is 115 Å². The van der Waals surface area contributed by atoms with Crippen LogP contribution < -0.4 is 20.5 Å². The molecule has 1 aromatic heterocycles. The molecule has 7 heteroatoms. The SMILES string of the molecule is C=CC(=O)NCc1ccc(-c2ccc(C(N)=O)c(Oc3ccc(Oc4ccccc4)cc3)n2)cc1. The van der Waals surface area contributed by atoms with Gasteiger partial charge in [0.1, 0.15) is 22.8 Å². The number of nitrogens with zero attached hydrogens (tertiary/aromatic N) is 1. The number of pyridine rings is 1. The number of primary amides is 1. The molecule has 0 radical (unpaired) electrons. The van der Waals surface area contributed by atoms with Crippen molar-refractivity contribution in [1.82, 2.24) is 10.3 Å². The van der Waals surface area contributed by atoms with E-state index in [-0.39, 0.29) is 17.4 Å². The lowest BCUT2D eigenvalue weighted by molar-refractivity contribution is -0.116. The van der Waals surface area contributed by atoms with E-state index in [9.17, 15) is 9.59 Å². The van der Waals surface area contributed by atoms with Crippen LogP contribution in [0, 0.1) is 0 Å². The van der Waals surface area contributed by atoms with E-state index in [1.54, 1.807) is 36.4 Å². The highest BCUT2D eigenvalue weighted by molar-refractivity contribution is 5.95. The summed E-state index contributed by atoms with van der Waals surface area (Å²) in [5.41, 5.74) is 8.05. The van der Waals surface area contributed by atoms with E-state index < -0.39 is 5.91 Å². The summed E-state index contributed by atoms with van der Waals surface area (Å²) in [4.78, 5) is 27.8. The zero-order valence-corrected chi connectivity index (χ0v) is 18.8. The summed E-state index contributed by atoms with van der Waals surface area (Å²) in [6.07, 6.45) is 1.23. The number of aromatic nitrogens is 1. The molecule has 3 N–H and O–H groups in total. The second-order valence-corrected chi connectivity index (χ2v) is 7.52. The van der Waals surface area contributed by atoms with Gasteiger partial charge < -0.3 is 20.5 Å². The summed E-state index contributed by atoms with van der Waals surface area (Å²) in [7, 11) is 0. The van der Waals surface area contributed by atoms with Gasteiger partial charge in [-0.3, -0.25) is 9.59 Å². The minimum Gasteiger partial charge on any atom is -0.457 e. The van der Waals surface area contributed by atoms with Crippen LogP contribution in [0.15, 0.2) is 104 Å². The lowest BCUT2D eigenvalue weighted by Crippen LogP contribution is -2.19. The second-order valence-electron chi connectivity index (χ2n) is 7.52. The molecule has 1 heterocycles. The fourth-order valence-corrected chi connectivity index (χ4v) is 3.23. The smallest absolute Gasteiger partial charge is 0.254 e. The third kappa shape index (κ3) is 6.11. The van der Waals surface area contributed by atoms with Crippen LogP contribution in [0.2, 0.25) is 0 Å². The summed E-state index contributed by atoms with van der Waals surface area (Å²) in [5, 5.41) is 2.73. The van der Waals surface area contributed by atoms with Crippen molar-refractivity contribution in [2.45, 2.75) is 6.54 Å². The molecule has 0 aliphatic heterocycles. The van der Waals surface area contributed by atoms with Crippen molar-refractivity contribution in [1.29, 1.82) is 0 Å². The molecule has 0 aliphatic carbocycles. The van der Waals surface area contributed by atoms with E-state index in [1.165, 1.54) is 6.08 Å². The van der Waals surface area contributed by atoms with E-state index in [4.69, 9.17) is 15.2 Å². The second kappa shape index (κ2) is 10.8. The van der Waals surface area contributed by atoms with Crippen LogP contribution in [-0.4, -0.2) is 16.8 Å². The number of ether oxygens (including phenoxy) is 2. The van der Waals surface area contributed by atoms with Crippen LogP contribution in [0.4, 0.5) is 0 Å². The molecule has 0 atom stereocenters. The van der Waals surface area contributed by atoms with Crippen LogP contribution in [0.5, 0.6) is 23.1 Å². The van der Waals surface area contributed by atoms with Gasteiger partial charge in [0, 0.05) is 12.1 Å². The number of rotatable bonds is 9. The zero-order chi connectivity index (χ0) is 24.6. The first-order valence-corrected chi connectivity index (χ1v) is 10.8. The van der Waals surface area contributed by atoms with Crippen molar-refractivity contribution in [3.8, 4) is 34.4 Å². The monoisotopic (exact) mass is 465 g/mol. The average molecular weight is 466 g/mol. The van der Waals surface area contributed by atoms with Gasteiger partial charge in [0.25, 0.3) is 5.91 Å². The number of nitrogens with one attached hydrogen (secondary N) is 1. The van der Waals surface area contributed by atoms with Crippen LogP contribution in [0.25, 0.3) is 11.3 Å². The van der Waals surface area contributed by atoms with Gasteiger partial charge in [-0.25, -0.2) is 4.98 Å². The minimum absolute atomic E-state index is 0.106. The number of hydrogen-bond donors (Lipinski definition) is 2. The van der Waals surface area contributed by atoms with Crippen molar-refractivity contribution < 1.29 is 19.1 Å². The first-order valence-electron chi connectivity index (χ1n) is 10.8. The summed E-state index contributed by atoms with van der Waals surface area (Å²) >= 11 is 0. The van der Waals surface area contributed by atoms with E-state index in [0.29, 0.717) is 23.7 Å². The van der Waals surface area contributed by atoms with E-state index in [2.05, 4.69) is 16.9 Å². The van der Waals surface area contributed by atoms with Gasteiger partial charge in [-0.2, -0.15) is 0 Å². The molecule has 4 rings (SSSR count). The first kappa shape index (κ1) is 23.3. The number of benzene rings is 3. The van der Waals surface area contributed by atoms with E-state index in [0.717, 1.165) is 16.9 Å². The Morgan fingerprint density at radius 2 is 1.46 bits per heavy atom. The molecule has 0 fully saturated rings. The first-order chi connectivity index (χ1) is 17.0. The number of carbonyl (C=O) groups is 2. The minimum atomic E-state index is -0.642. The fraction of sp³-hybridized carbons (Fsp3) is 0.0357. The molecule has 0 aliphatic rings. The molecule has 0 unspecified atom stereocenters. The van der Waals surface area contributed by atoms with Crippen molar-refractivity contribution >= 4 is 11.8 Å². The number of para-hydroxylation sites is 1. The number of carbonyl (C=O) groups excluding carboxylic acids is 2. The largest absolute Gasteiger partial charge is 0.457 e. The Morgan fingerprint density at radius 1 is 0.829 bits per heavy atom. The molecule has 2 amide bonds. The molecule has 0 saturated carbocycles. The molecule has 35 heavy (non-hydrogen) atoms. The highest BCUT2D eigenvalue weighted by atomic mass is 16.5. The number of nitrogens with two attached hydrogens (primary N) is 1. The Hall–Kier alpha value is -4.91. The highest BCUT2D eigenvalue weighted by Gasteiger charge is 2.14. The zero-order valence-electron chi connectivity index (χ0n) is 18.8. The summed E-state index contributed by atoms with van der Waals surface area (Å²) in [5.74, 6) is 1.07. The Bertz CT molecular complexity index is 1340. The third-order valence-electron chi connectivity index (χ3n) is 5.04. The Morgan fingerprint density at radius 3 is 2.09 bits per heavy atom. The maximum absolute atomic E-state index is 12.0. The molecule has 0 spiro atoms. The topological polar surface area (TPSA) is 104 Å². The van der Waals surface area contributed by atoms with Gasteiger partial charge >= 0.3 is 0 Å². The predicted molar refractivity (Wildman–Crippen MR) is 133 cm³/mol. The molecule has 0 bridgehead atoms. The van der Waals surface area contributed by atoms with Gasteiger partial charge in [0.2, 0.25) is 11.8 Å². The predicted octanol–water partition coefficient (Wildman–Crippen LogP) is 5.23. The normalized spacial score (nSPS) is 10.3. The van der Waals surface area contributed by atoms with Gasteiger partial charge in [-0.05, 0) is 60.2 Å². The number of amides is 2. The summed E-state index contributed by atoms with van der Waals surface area (Å²) < 4.78 is 11.7. The van der Waals surface area contributed by atoms with Crippen molar-refractivity contribution in [2.75, 3.05) is 0 Å². The Labute approximate surface area is 202 Å².